The van der Waals surface area contributed by atoms with Gasteiger partial charge in [0.1, 0.15) is 0 Å². The van der Waals surface area contributed by atoms with Crippen molar-refractivity contribution in [2.75, 3.05) is 20.1 Å². The predicted molar refractivity (Wildman–Crippen MR) is 65.7 cm³/mol. The van der Waals surface area contributed by atoms with E-state index in [0.717, 1.165) is 0 Å². The van der Waals surface area contributed by atoms with E-state index < -0.39 is 5.97 Å². The lowest BCUT2D eigenvalue weighted by molar-refractivity contribution is -0.128. The van der Waals surface area contributed by atoms with Crippen molar-refractivity contribution >= 4 is 17.8 Å². The largest absolute Gasteiger partial charge is 0.476 e. The molecule has 0 aromatic carbocycles. The second kappa shape index (κ2) is 5.68. The summed E-state index contributed by atoms with van der Waals surface area (Å²) in [5.74, 6) is -1.68. The van der Waals surface area contributed by atoms with Gasteiger partial charge in [0.05, 0.1) is 18.7 Å². The molecule has 1 aliphatic heterocycles. The maximum absolute atomic E-state index is 11.8. The Bertz CT molecular complexity index is 541. The number of carboxylic acid groups (broad SMARTS) is 1. The Morgan fingerprint density at radius 1 is 1.55 bits per heavy atom. The molecule has 1 aromatic heterocycles. The third-order valence-electron chi connectivity index (χ3n) is 3.11. The van der Waals surface area contributed by atoms with Crippen LogP contribution in [-0.2, 0) is 16.1 Å². The second-order valence-electron chi connectivity index (χ2n) is 4.64. The van der Waals surface area contributed by atoms with Gasteiger partial charge < -0.3 is 15.3 Å². The summed E-state index contributed by atoms with van der Waals surface area (Å²) in [6.07, 6.45) is 1.52. The molecule has 9 nitrogen and oxygen atoms in total. The molecular weight excluding hydrogens is 266 g/mol. The molecule has 1 saturated heterocycles. The molecule has 2 amide bonds. The van der Waals surface area contributed by atoms with Gasteiger partial charge in [0, 0.05) is 26.6 Å². The highest BCUT2D eigenvalue weighted by Crippen LogP contribution is 2.15. The Morgan fingerprint density at radius 2 is 2.30 bits per heavy atom. The molecule has 20 heavy (non-hydrogen) atoms. The van der Waals surface area contributed by atoms with Crippen molar-refractivity contribution in [1.82, 2.24) is 25.2 Å². The minimum atomic E-state index is -1.15. The second-order valence-corrected chi connectivity index (χ2v) is 4.64. The summed E-state index contributed by atoms with van der Waals surface area (Å²) < 4.78 is 1.34. The predicted octanol–water partition coefficient (Wildman–Crippen LogP) is -1.43. The van der Waals surface area contributed by atoms with Gasteiger partial charge in [-0.05, 0) is 0 Å². The SMILES string of the molecule is CN1CC(C(=O)NCCn2cc(C(=O)O)nn2)CC1=O. The van der Waals surface area contributed by atoms with E-state index in [0.29, 0.717) is 19.6 Å². The fourth-order valence-corrected chi connectivity index (χ4v) is 1.98. The van der Waals surface area contributed by atoms with Crippen molar-refractivity contribution in [1.29, 1.82) is 0 Å². The number of nitrogens with zero attached hydrogens (tertiary/aromatic N) is 4. The Labute approximate surface area is 114 Å². The number of carboxylic acids is 1. The van der Waals surface area contributed by atoms with Crippen molar-refractivity contribution in [2.45, 2.75) is 13.0 Å². The summed E-state index contributed by atoms with van der Waals surface area (Å²) in [5, 5.41) is 18.5. The molecule has 1 aromatic rings. The molecule has 0 aliphatic carbocycles. The number of hydrogen-bond donors (Lipinski definition) is 2. The van der Waals surface area contributed by atoms with Crippen LogP contribution in [0.2, 0.25) is 0 Å². The number of likely N-dealkylation sites (tertiary alicyclic amines) is 1. The minimum Gasteiger partial charge on any atom is -0.476 e. The number of rotatable bonds is 5. The lowest BCUT2D eigenvalue weighted by Gasteiger charge is -2.10. The first kappa shape index (κ1) is 14.0. The van der Waals surface area contributed by atoms with Gasteiger partial charge in [-0.25, -0.2) is 9.48 Å². The smallest absolute Gasteiger partial charge is 0.358 e. The van der Waals surface area contributed by atoms with Crippen molar-refractivity contribution in [3.63, 3.8) is 0 Å². The summed E-state index contributed by atoms with van der Waals surface area (Å²) in [6.45, 7) is 1.05. The van der Waals surface area contributed by atoms with E-state index in [9.17, 15) is 14.4 Å². The van der Waals surface area contributed by atoms with E-state index >= 15 is 0 Å². The zero-order chi connectivity index (χ0) is 14.7. The summed E-state index contributed by atoms with van der Waals surface area (Å²) >= 11 is 0. The van der Waals surface area contributed by atoms with E-state index in [4.69, 9.17) is 5.11 Å². The molecule has 9 heteroatoms. The van der Waals surface area contributed by atoms with Gasteiger partial charge in [-0.2, -0.15) is 0 Å². The molecule has 0 radical (unpaired) electrons. The van der Waals surface area contributed by atoms with Gasteiger partial charge >= 0.3 is 5.97 Å². The molecule has 1 unspecified atom stereocenters. The van der Waals surface area contributed by atoms with Crippen LogP contribution in [0.4, 0.5) is 0 Å². The van der Waals surface area contributed by atoms with Crippen molar-refractivity contribution in [3.8, 4) is 0 Å². The number of nitrogens with one attached hydrogen (secondary N) is 1. The molecule has 2 rings (SSSR count). The van der Waals surface area contributed by atoms with Crippen molar-refractivity contribution in [3.05, 3.63) is 11.9 Å². The number of carbonyl (C=O) groups excluding carboxylic acids is 2. The molecular formula is C11H15N5O4. The summed E-state index contributed by atoms with van der Waals surface area (Å²) in [6, 6.07) is 0. The molecule has 2 heterocycles. The molecule has 0 bridgehead atoms. The summed E-state index contributed by atoms with van der Waals surface area (Å²) in [5.41, 5.74) is -0.139. The lowest BCUT2D eigenvalue weighted by Crippen LogP contribution is -2.34. The van der Waals surface area contributed by atoms with E-state index in [-0.39, 0.29) is 29.8 Å². The molecule has 0 spiro atoms. The number of hydrogen-bond acceptors (Lipinski definition) is 5. The summed E-state index contributed by atoms with van der Waals surface area (Å²) in [4.78, 5) is 35.3. The Morgan fingerprint density at radius 3 is 2.85 bits per heavy atom. The maximum atomic E-state index is 11.8. The first-order chi connectivity index (χ1) is 9.47. The highest BCUT2D eigenvalue weighted by Gasteiger charge is 2.31. The third kappa shape index (κ3) is 3.11. The summed E-state index contributed by atoms with van der Waals surface area (Å²) in [7, 11) is 1.67. The van der Waals surface area contributed by atoms with Crippen LogP contribution in [0.15, 0.2) is 6.20 Å². The first-order valence-corrected chi connectivity index (χ1v) is 6.12. The van der Waals surface area contributed by atoms with Gasteiger partial charge in [-0.3, -0.25) is 9.59 Å². The number of amides is 2. The molecule has 0 saturated carbocycles. The quantitative estimate of drug-likeness (QED) is 0.683. The van der Waals surface area contributed by atoms with Crippen LogP contribution in [-0.4, -0.2) is 62.9 Å². The average molecular weight is 281 g/mol. The van der Waals surface area contributed by atoms with Crippen LogP contribution in [0, 0.1) is 5.92 Å². The highest BCUT2D eigenvalue weighted by molar-refractivity contribution is 5.89. The zero-order valence-corrected chi connectivity index (χ0v) is 10.9. The fourth-order valence-electron chi connectivity index (χ4n) is 1.98. The number of carbonyl (C=O) groups is 3. The van der Waals surface area contributed by atoms with E-state index in [1.807, 2.05) is 0 Å². The first-order valence-electron chi connectivity index (χ1n) is 6.12. The van der Waals surface area contributed by atoms with Crippen LogP contribution in [0.1, 0.15) is 16.9 Å². The van der Waals surface area contributed by atoms with Crippen LogP contribution in [0.5, 0.6) is 0 Å². The van der Waals surface area contributed by atoms with Crippen molar-refractivity contribution < 1.29 is 19.5 Å². The molecule has 2 N–H and O–H groups in total. The Kier molecular flexibility index (Phi) is 3.97. The van der Waals surface area contributed by atoms with Crippen LogP contribution in [0.3, 0.4) is 0 Å². The topological polar surface area (TPSA) is 117 Å². The van der Waals surface area contributed by atoms with E-state index in [1.54, 1.807) is 7.05 Å². The van der Waals surface area contributed by atoms with Gasteiger partial charge in [-0.1, -0.05) is 5.21 Å². The van der Waals surface area contributed by atoms with Gasteiger partial charge in [-0.15, -0.1) is 5.10 Å². The van der Waals surface area contributed by atoms with Gasteiger partial charge in [0.2, 0.25) is 11.8 Å². The van der Waals surface area contributed by atoms with Gasteiger partial charge in [0.15, 0.2) is 5.69 Å². The molecule has 1 fully saturated rings. The minimum absolute atomic E-state index is 0.0347. The highest BCUT2D eigenvalue weighted by atomic mass is 16.4. The molecule has 1 atom stereocenters. The van der Waals surface area contributed by atoms with Crippen molar-refractivity contribution in [2.24, 2.45) is 5.92 Å². The average Bonchev–Trinajstić information content (AvgIpc) is 2.98. The van der Waals surface area contributed by atoms with Gasteiger partial charge in [0.25, 0.3) is 0 Å². The molecule has 1 aliphatic rings. The lowest BCUT2D eigenvalue weighted by atomic mass is 10.1. The third-order valence-corrected chi connectivity index (χ3v) is 3.11. The number of aromatic nitrogens is 3. The Balaban J connectivity index is 1.76. The Hall–Kier alpha value is -2.45. The normalized spacial score (nSPS) is 18.4. The fraction of sp³-hybridized carbons (Fsp3) is 0.545. The van der Waals surface area contributed by atoms with Crippen LogP contribution >= 0.6 is 0 Å². The van der Waals surface area contributed by atoms with Crippen LogP contribution < -0.4 is 5.32 Å². The van der Waals surface area contributed by atoms with Crippen LogP contribution in [0.25, 0.3) is 0 Å². The molecule has 108 valence electrons. The maximum Gasteiger partial charge on any atom is 0.358 e. The number of aromatic carboxylic acids is 1. The van der Waals surface area contributed by atoms with E-state index in [1.165, 1.54) is 15.8 Å². The standard InChI is InChI=1S/C11H15N5O4/c1-15-5-7(4-9(15)17)10(18)12-2-3-16-6-8(11(19)20)13-14-16/h6-7H,2-5H2,1H3,(H,12,18)(H,19,20). The van der Waals surface area contributed by atoms with E-state index in [2.05, 4.69) is 15.6 Å². The zero-order valence-electron chi connectivity index (χ0n) is 10.9. The monoisotopic (exact) mass is 281 g/mol.